The third-order valence-electron chi connectivity index (χ3n) is 9.80. The third-order valence-corrected chi connectivity index (χ3v) is 11.5. The molecule has 2 aliphatic heterocycles. The van der Waals surface area contributed by atoms with Crippen LogP contribution in [0.5, 0.6) is 0 Å². The lowest BCUT2D eigenvalue weighted by Gasteiger charge is -2.32. The quantitative estimate of drug-likeness (QED) is 0.0357. The van der Waals surface area contributed by atoms with Crippen LogP contribution in [0.25, 0.3) is 21.0 Å². The van der Waals surface area contributed by atoms with Gasteiger partial charge in [-0.2, -0.15) is 8.42 Å². The van der Waals surface area contributed by atoms with Crippen LogP contribution in [0.1, 0.15) is 46.9 Å². The summed E-state index contributed by atoms with van der Waals surface area (Å²) < 4.78 is 52.2. The molecule has 2 aliphatic rings. The van der Waals surface area contributed by atoms with Crippen molar-refractivity contribution in [3.05, 3.63) is 98.0 Å². The number of azide groups is 1. The Morgan fingerprint density at radius 2 is 1.73 bits per heavy atom. The lowest BCUT2D eigenvalue weighted by Crippen LogP contribution is -2.46. The number of halogens is 1. The number of anilines is 1. The van der Waals surface area contributed by atoms with Crippen LogP contribution in [0, 0.1) is 0 Å². The Labute approximate surface area is 349 Å². The van der Waals surface area contributed by atoms with E-state index in [9.17, 15) is 26.7 Å². The Morgan fingerprint density at radius 1 is 1.02 bits per heavy atom. The molecule has 3 N–H and O–H groups in total. The van der Waals surface area contributed by atoms with Gasteiger partial charge in [0.1, 0.15) is 11.9 Å². The van der Waals surface area contributed by atoms with E-state index in [0.29, 0.717) is 51.2 Å². The van der Waals surface area contributed by atoms with Gasteiger partial charge in [0.2, 0.25) is 11.9 Å². The molecule has 6 rings (SSSR count). The van der Waals surface area contributed by atoms with E-state index in [4.69, 9.17) is 24.7 Å². The zero-order chi connectivity index (χ0) is 42.3. The Morgan fingerprint density at radius 3 is 2.42 bits per heavy atom. The highest BCUT2D eigenvalue weighted by molar-refractivity contribution is 7.86. The number of aromatic nitrogens is 4. The monoisotopic (exact) mass is 867 g/mol. The Bertz CT molecular complexity index is 2240. The number of carbonyl (C=O) groups is 2. The molecular weight excluding hydrogens is 822 g/mol. The van der Waals surface area contributed by atoms with Crippen molar-refractivity contribution in [2.24, 2.45) is 5.11 Å². The maximum Gasteiger partial charge on any atom is 0.332 e. The highest BCUT2D eigenvalue weighted by Gasteiger charge is 2.39. The van der Waals surface area contributed by atoms with E-state index < -0.39 is 39.0 Å². The van der Waals surface area contributed by atoms with Crippen molar-refractivity contribution >= 4 is 39.3 Å². The molecule has 0 radical (unpaired) electrons. The average Bonchev–Trinajstić information content (AvgIpc) is 3.94. The number of ether oxygens (including phenoxy) is 3. The molecule has 60 heavy (non-hydrogen) atoms. The minimum Gasteiger partial charge on any atom is -0.377 e. The van der Waals surface area contributed by atoms with Crippen LogP contribution in [-0.4, -0.2) is 134 Å². The first-order valence-corrected chi connectivity index (χ1v) is 21.7. The average molecular weight is 868 g/mol. The fraction of sp³-hybridized carbons (Fsp3) is 0.474. The van der Waals surface area contributed by atoms with Crippen LogP contribution >= 0.6 is 11.3 Å². The number of H-pyrrole nitrogens is 1. The van der Waals surface area contributed by atoms with E-state index in [1.165, 1.54) is 4.90 Å². The first kappa shape index (κ1) is 44.2. The summed E-state index contributed by atoms with van der Waals surface area (Å²) in [5, 5.41) is 11.5. The highest BCUT2D eigenvalue weighted by atomic mass is 32.3. The second-order valence-electron chi connectivity index (χ2n) is 14.1. The number of rotatable bonds is 21. The van der Waals surface area contributed by atoms with Gasteiger partial charge in [0.25, 0.3) is 11.5 Å². The van der Waals surface area contributed by atoms with Crippen LogP contribution in [0.3, 0.4) is 0 Å². The topological polar surface area (TPSA) is 247 Å². The van der Waals surface area contributed by atoms with Crippen molar-refractivity contribution in [1.29, 1.82) is 0 Å². The zero-order valence-corrected chi connectivity index (χ0v) is 34.3. The molecule has 1 aromatic carbocycles. The Balaban J connectivity index is 0.798. The summed E-state index contributed by atoms with van der Waals surface area (Å²) in [6, 6.07) is 8.16. The van der Waals surface area contributed by atoms with Crippen LogP contribution in [-0.2, 0) is 35.8 Å². The lowest BCUT2D eigenvalue weighted by atomic mass is 9.96. The van der Waals surface area contributed by atoms with Crippen LogP contribution < -0.4 is 16.2 Å². The summed E-state index contributed by atoms with van der Waals surface area (Å²) in [4.78, 5) is 61.9. The number of likely N-dealkylation sites (tertiary alicyclic amines) is 2. The minimum atomic E-state index is -4.94. The molecule has 1 unspecified atom stereocenters. The van der Waals surface area contributed by atoms with Crippen molar-refractivity contribution in [2.45, 2.75) is 48.7 Å². The van der Waals surface area contributed by atoms with Crippen LogP contribution in [0.4, 0.5) is 9.83 Å². The van der Waals surface area contributed by atoms with Gasteiger partial charge in [-0.25, -0.2) is 15.0 Å². The number of amides is 2. The summed E-state index contributed by atoms with van der Waals surface area (Å²) in [5.41, 5.74) is 10.5. The molecule has 0 bridgehead atoms. The number of nitrogens with zero attached hydrogens (tertiary/aromatic N) is 8. The predicted molar refractivity (Wildman–Crippen MR) is 219 cm³/mol. The molecule has 4 aromatic rings. The van der Waals surface area contributed by atoms with Gasteiger partial charge in [-0.3, -0.25) is 19.3 Å². The second-order valence-corrected chi connectivity index (χ2v) is 16.4. The van der Waals surface area contributed by atoms with Crippen molar-refractivity contribution in [1.82, 2.24) is 35.1 Å². The van der Waals surface area contributed by atoms with Crippen molar-refractivity contribution in [3.8, 4) is 10.6 Å². The van der Waals surface area contributed by atoms with Gasteiger partial charge in [-0.05, 0) is 67.1 Å². The van der Waals surface area contributed by atoms with E-state index in [-0.39, 0.29) is 49.8 Å². The summed E-state index contributed by atoms with van der Waals surface area (Å²) in [6.07, 6.45) is 5.69. The van der Waals surface area contributed by atoms with E-state index >= 15 is 0 Å². The molecule has 0 aliphatic carbocycles. The Kier molecular flexibility index (Phi) is 16.0. The normalized spacial score (nSPS) is 18.2. The van der Waals surface area contributed by atoms with Gasteiger partial charge >= 0.3 is 10.2 Å². The number of benzene rings is 1. The van der Waals surface area contributed by atoms with Gasteiger partial charge in [0, 0.05) is 73.1 Å². The van der Waals surface area contributed by atoms with Crippen molar-refractivity contribution < 1.29 is 36.1 Å². The summed E-state index contributed by atoms with van der Waals surface area (Å²) >= 11 is 1.57. The number of thiophene rings is 1. The molecule has 320 valence electrons. The van der Waals surface area contributed by atoms with Crippen molar-refractivity contribution in [2.75, 3.05) is 77.7 Å². The largest absolute Gasteiger partial charge is 0.377 e. The van der Waals surface area contributed by atoms with Gasteiger partial charge < -0.3 is 34.7 Å². The van der Waals surface area contributed by atoms with Gasteiger partial charge in [-0.1, -0.05) is 11.2 Å². The first-order valence-electron chi connectivity index (χ1n) is 19.4. The third kappa shape index (κ3) is 12.8. The predicted octanol–water partition coefficient (Wildman–Crippen LogP) is 3.50. The standard InChI is InChI=1S/C38H46FN11O8S2/c39-60(54,55)30-7-5-27(6-8-30)37(53)50-25-29(47-48-40)19-32(50)36(52)41-9-12-56-14-16-58-17-15-57-13-10-42-38-43-21-26(22-44-38)23-49-11-1-3-28(24-49)35-45-31(20-34(51)46-35)33-4-2-18-59-33/h2,4-8,18,20-22,28-29,32H,1,3,9-17,19,23-25H2,(H,41,52)(H,42,43,44)(H,45,46,51)/t28?,29-,32-/m0/s1. The number of hydrogen-bond donors (Lipinski definition) is 3. The number of hydrogen-bond acceptors (Lipinski definition) is 15. The number of carbonyl (C=O) groups excluding carboxylic acids is 2. The smallest absolute Gasteiger partial charge is 0.332 e. The molecule has 19 nitrogen and oxygen atoms in total. The maximum atomic E-state index is 13.3. The van der Waals surface area contributed by atoms with Crippen LogP contribution in [0.2, 0.25) is 0 Å². The zero-order valence-electron chi connectivity index (χ0n) is 32.7. The molecule has 2 amide bonds. The molecule has 0 spiro atoms. The van der Waals surface area contributed by atoms with E-state index in [2.05, 4.69) is 40.5 Å². The Hall–Kier alpha value is -5.35. The SMILES string of the molecule is [N-]=[N+]=N[C@H]1C[C@@H](C(=O)NCCOCCOCCOCCNc2ncc(CN3CCCC(c4nc(-c5cccs5)cc(=O)[nH]4)C3)cn2)N(C(=O)c2ccc(S(=O)(=O)F)cc2)C1. The first-order chi connectivity index (χ1) is 29.1. The molecule has 22 heteroatoms. The highest BCUT2D eigenvalue weighted by Crippen LogP contribution is 2.28. The molecule has 3 aromatic heterocycles. The number of aromatic amines is 1. The van der Waals surface area contributed by atoms with Gasteiger partial charge in [0.15, 0.2) is 0 Å². The van der Waals surface area contributed by atoms with Gasteiger partial charge in [-0.15, -0.1) is 15.2 Å². The van der Waals surface area contributed by atoms with Crippen molar-refractivity contribution in [3.63, 3.8) is 0 Å². The molecule has 5 heterocycles. The second kappa shape index (κ2) is 21.8. The number of piperidine rings is 1. The van der Waals surface area contributed by atoms with E-state index in [1.807, 2.05) is 29.9 Å². The fourth-order valence-corrected chi connectivity index (χ4v) is 8.09. The molecule has 2 saturated heterocycles. The summed E-state index contributed by atoms with van der Waals surface area (Å²) in [5.74, 6) is 0.315. The molecule has 0 saturated carbocycles. The number of nitrogens with one attached hydrogen (secondary N) is 3. The summed E-state index contributed by atoms with van der Waals surface area (Å²) in [6.45, 7) is 5.01. The maximum absolute atomic E-state index is 13.3. The minimum absolute atomic E-state index is 0.0137. The van der Waals surface area contributed by atoms with Crippen LogP contribution in [0.15, 0.2) is 75.0 Å². The summed E-state index contributed by atoms with van der Waals surface area (Å²) in [7, 11) is -4.94. The lowest BCUT2D eigenvalue weighted by molar-refractivity contribution is -0.125. The van der Waals surface area contributed by atoms with E-state index in [1.54, 1.807) is 17.4 Å². The van der Waals surface area contributed by atoms with E-state index in [0.717, 1.165) is 66.5 Å². The fourth-order valence-electron chi connectivity index (χ4n) is 6.94. The molecule has 2 fully saturated rings. The molecular formula is C38H46FN11O8S2. The van der Waals surface area contributed by atoms with Gasteiger partial charge in [0.05, 0.1) is 61.1 Å². The molecule has 3 atom stereocenters.